The van der Waals surface area contributed by atoms with Crippen LogP contribution in [-0.2, 0) is 0 Å². The minimum absolute atomic E-state index is 0.0286. The van der Waals surface area contributed by atoms with Gasteiger partial charge in [0, 0.05) is 31.7 Å². The number of hydrogen-bond donors (Lipinski definition) is 2. The summed E-state index contributed by atoms with van der Waals surface area (Å²) in [6, 6.07) is 2.18. The van der Waals surface area contributed by atoms with Crippen molar-refractivity contribution in [3.8, 4) is 0 Å². The van der Waals surface area contributed by atoms with Gasteiger partial charge >= 0.3 is 0 Å². The number of amidine groups is 1. The molecular formula is C14H20F2N4O. The molecule has 7 heteroatoms. The molecule has 1 aliphatic rings. The summed E-state index contributed by atoms with van der Waals surface area (Å²) in [7, 11) is 0. The van der Waals surface area contributed by atoms with Gasteiger partial charge in [-0.3, -0.25) is 4.90 Å². The van der Waals surface area contributed by atoms with E-state index in [9.17, 15) is 8.78 Å². The van der Waals surface area contributed by atoms with Crippen LogP contribution < -0.4 is 10.6 Å². The molecule has 2 rings (SSSR count). The normalized spacial score (nSPS) is 17.3. The summed E-state index contributed by atoms with van der Waals surface area (Å²) in [5.74, 6) is -1.70. The average molecular weight is 298 g/mol. The third-order valence-electron chi connectivity index (χ3n) is 3.65. The van der Waals surface area contributed by atoms with Crippen LogP contribution in [0.1, 0.15) is 18.9 Å². The molecule has 0 spiro atoms. The fraction of sp³-hybridized carbons (Fsp3) is 0.500. The Labute approximate surface area is 122 Å². The fourth-order valence-corrected chi connectivity index (χ4v) is 2.58. The molecule has 0 radical (unpaired) electrons. The van der Waals surface area contributed by atoms with E-state index in [0.29, 0.717) is 13.1 Å². The summed E-state index contributed by atoms with van der Waals surface area (Å²) in [5, 5.41) is 11.3. The van der Waals surface area contributed by atoms with Crippen molar-refractivity contribution in [2.75, 3.05) is 37.6 Å². The van der Waals surface area contributed by atoms with Crippen LogP contribution in [0.2, 0.25) is 0 Å². The van der Waals surface area contributed by atoms with E-state index >= 15 is 0 Å². The van der Waals surface area contributed by atoms with Crippen molar-refractivity contribution in [2.24, 2.45) is 10.9 Å². The molecule has 21 heavy (non-hydrogen) atoms. The van der Waals surface area contributed by atoms with Gasteiger partial charge in [-0.1, -0.05) is 12.1 Å². The van der Waals surface area contributed by atoms with Crippen molar-refractivity contribution >= 4 is 11.5 Å². The third-order valence-corrected chi connectivity index (χ3v) is 3.65. The van der Waals surface area contributed by atoms with Crippen molar-refractivity contribution < 1.29 is 14.0 Å². The molecule has 1 aromatic carbocycles. The molecule has 0 unspecified atom stereocenters. The number of rotatable bonds is 4. The van der Waals surface area contributed by atoms with Gasteiger partial charge in [0.2, 0.25) is 0 Å². The minimum Gasteiger partial charge on any atom is -0.409 e. The second-order valence-corrected chi connectivity index (χ2v) is 5.10. The number of piperazine rings is 1. The Morgan fingerprint density at radius 1 is 1.24 bits per heavy atom. The monoisotopic (exact) mass is 298 g/mol. The van der Waals surface area contributed by atoms with Gasteiger partial charge in [0.05, 0.1) is 0 Å². The molecule has 1 fully saturated rings. The number of benzene rings is 1. The maximum absolute atomic E-state index is 14.1. The highest BCUT2D eigenvalue weighted by Crippen LogP contribution is 2.26. The summed E-state index contributed by atoms with van der Waals surface area (Å²) in [5.41, 5.74) is 5.35. The number of nitrogens with zero attached hydrogens (tertiary/aromatic N) is 3. The van der Waals surface area contributed by atoms with Gasteiger partial charge in [0.15, 0.2) is 5.84 Å². The van der Waals surface area contributed by atoms with E-state index in [4.69, 9.17) is 10.9 Å². The maximum Gasteiger partial charge on any atom is 0.170 e. The van der Waals surface area contributed by atoms with Gasteiger partial charge in [0.1, 0.15) is 17.3 Å². The van der Waals surface area contributed by atoms with Crippen molar-refractivity contribution in [3.05, 3.63) is 29.3 Å². The molecular weight excluding hydrogens is 278 g/mol. The molecule has 0 bridgehead atoms. The maximum atomic E-state index is 14.1. The van der Waals surface area contributed by atoms with E-state index in [0.717, 1.165) is 38.2 Å². The largest absolute Gasteiger partial charge is 0.409 e. The lowest BCUT2D eigenvalue weighted by Gasteiger charge is -2.36. The Bertz CT molecular complexity index is 505. The molecule has 0 atom stereocenters. The topological polar surface area (TPSA) is 65.1 Å². The van der Waals surface area contributed by atoms with Gasteiger partial charge in [-0.25, -0.2) is 8.78 Å². The van der Waals surface area contributed by atoms with Gasteiger partial charge in [0.25, 0.3) is 0 Å². The van der Waals surface area contributed by atoms with E-state index in [-0.39, 0.29) is 17.1 Å². The Hall–Kier alpha value is -1.89. The van der Waals surface area contributed by atoms with Crippen molar-refractivity contribution in [1.82, 2.24) is 4.90 Å². The Balaban J connectivity index is 2.18. The predicted molar refractivity (Wildman–Crippen MR) is 77.8 cm³/mol. The first-order chi connectivity index (χ1) is 10.1. The van der Waals surface area contributed by atoms with Gasteiger partial charge in [-0.15, -0.1) is 0 Å². The first-order valence-corrected chi connectivity index (χ1v) is 7.01. The van der Waals surface area contributed by atoms with E-state index in [1.165, 1.54) is 0 Å². The summed E-state index contributed by atoms with van der Waals surface area (Å²) < 4.78 is 28.3. The lowest BCUT2D eigenvalue weighted by molar-refractivity contribution is 0.257. The first kappa shape index (κ1) is 15.5. The fourth-order valence-electron chi connectivity index (χ4n) is 2.58. The highest BCUT2D eigenvalue weighted by molar-refractivity contribution is 5.97. The van der Waals surface area contributed by atoms with Crippen molar-refractivity contribution in [2.45, 2.75) is 13.3 Å². The summed E-state index contributed by atoms with van der Waals surface area (Å²) >= 11 is 0. The highest BCUT2D eigenvalue weighted by Gasteiger charge is 2.23. The summed E-state index contributed by atoms with van der Waals surface area (Å²) in [6.45, 7) is 5.84. The molecule has 0 aliphatic carbocycles. The minimum atomic E-state index is -0.694. The standard InChI is InChI=1S/C14H20F2N4O/c1-2-3-19-4-6-20(7-5-19)13-11(15)8-10(9-12(13)16)14(17)18-21/h8-9,21H,2-7H2,1H3,(H2,17,18). The Morgan fingerprint density at radius 3 is 2.29 bits per heavy atom. The summed E-state index contributed by atoms with van der Waals surface area (Å²) in [6.07, 6.45) is 1.07. The van der Waals surface area contributed by atoms with Crippen molar-refractivity contribution in [3.63, 3.8) is 0 Å². The summed E-state index contributed by atoms with van der Waals surface area (Å²) in [4.78, 5) is 3.98. The zero-order chi connectivity index (χ0) is 15.4. The highest BCUT2D eigenvalue weighted by atomic mass is 19.1. The van der Waals surface area contributed by atoms with Gasteiger partial charge in [-0.2, -0.15) is 0 Å². The number of anilines is 1. The second-order valence-electron chi connectivity index (χ2n) is 5.10. The van der Waals surface area contributed by atoms with E-state index < -0.39 is 11.6 Å². The van der Waals surface area contributed by atoms with Crippen LogP contribution in [0.25, 0.3) is 0 Å². The number of halogens is 2. The molecule has 0 amide bonds. The molecule has 116 valence electrons. The molecule has 1 aliphatic heterocycles. The number of nitrogens with two attached hydrogens (primary N) is 1. The van der Waals surface area contributed by atoms with Crippen LogP contribution in [0.4, 0.5) is 14.5 Å². The van der Waals surface area contributed by atoms with Crippen LogP contribution in [0.3, 0.4) is 0 Å². The van der Waals surface area contributed by atoms with Gasteiger partial charge < -0.3 is 15.8 Å². The molecule has 1 heterocycles. The quantitative estimate of drug-likeness (QED) is 0.383. The lowest BCUT2D eigenvalue weighted by atomic mass is 10.1. The second kappa shape index (κ2) is 6.71. The SMILES string of the molecule is CCCN1CCN(c2c(F)cc(C(N)=NO)cc2F)CC1. The number of hydrogen-bond acceptors (Lipinski definition) is 4. The smallest absolute Gasteiger partial charge is 0.170 e. The van der Waals surface area contributed by atoms with E-state index in [1.54, 1.807) is 4.90 Å². The Kier molecular flexibility index (Phi) is 4.95. The first-order valence-electron chi connectivity index (χ1n) is 7.01. The van der Waals surface area contributed by atoms with E-state index in [1.807, 2.05) is 0 Å². The van der Waals surface area contributed by atoms with Crippen LogP contribution in [-0.4, -0.2) is 48.7 Å². The van der Waals surface area contributed by atoms with Crippen LogP contribution >= 0.6 is 0 Å². The van der Waals surface area contributed by atoms with Crippen molar-refractivity contribution in [1.29, 1.82) is 0 Å². The lowest BCUT2D eigenvalue weighted by Crippen LogP contribution is -2.47. The molecule has 1 aromatic rings. The number of oxime groups is 1. The molecule has 0 saturated carbocycles. The molecule has 3 N–H and O–H groups in total. The predicted octanol–water partition coefficient (Wildman–Crippen LogP) is 1.59. The molecule has 0 aromatic heterocycles. The van der Waals surface area contributed by atoms with Gasteiger partial charge in [-0.05, 0) is 25.1 Å². The average Bonchev–Trinajstić information content (AvgIpc) is 2.47. The Morgan fingerprint density at radius 2 is 1.81 bits per heavy atom. The zero-order valence-corrected chi connectivity index (χ0v) is 12.0. The third kappa shape index (κ3) is 3.41. The van der Waals surface area contributed by atoms with Crippen LogP contribution in [0.5, 0.6) is 0 Å². The zero-order valence-electron chi connectivity index (χ0n) is 12.0. The van der Waals surface area contributed by atoms with E-state index in [2.05, 4.69) is 17.0 Å². The van der Waals surface area contributed by atoms with Crippen LogP contribution in [0, 0.1) is 11.6 Å². The van der Waals surface area contributed by atoms with Crippen LogP contribution in [0.15, 0.2) is 17.3 Å². The molecule has 5 nitrogen and oxygen atoms in total. The molecule has 1 saturated heterocycles.